The summed E-state index contributed by atoms with van der Waals surface area (Å²) in [5.74, 6) is -0.653. The Morgan fingerprint density at radius 2 is 1.81 bits per heavy atom. The number of amides is 1. The molecule has 1 heterocycles. The fourth-order valence-electron chi connectivity index (χ4n) is 1.64. The van der Waals surface area contributed by atoms with E-state index in [2.05, 4.69) is 5.32 Å². The maximum absolute atomic E-state index is 12.6. The number of aryl methyl sites for hydroxylation is 1. The molecular formula is C14H11F3N2O2. The van der Waals surface area contributed by atoms with Gasteiger partial charge in [0.1, 0.15) is 5.69 Å². The molecule has 0 bridgehead atoms. The van der Waals surface area contributed by atoms with Gasteiger partial charge in [0.15, 0.2) is 0 Å². The fourth-order valence-corrected chi connectivity index (χ4v) is 1.64. The third-order valence-corrected chi connectivity index (χ3v) is 2.79. The molecule has 0 atom stereocenters. The number of benzene rings is 1. The Labute approximate surface area is 117 Å². The molecule has 0 aliphatic carbocycles. The molecule has 0 saturated carbocycles. The maximum atomic E-state index is 12.6. The van der Waals surface area contributed by atoms with E-state index >= 15 is 0 Å². The monoisotopic (exact) mass is 296 g/mol. The summed E-state index contributed by atoms with van der Waals surface area (Å²) in [4.78, 5) is 25.3. The van der Waals surface area contributed by atoms with Gasteiger partial charge in [-0.2, -0.15) is 13.2 Å². The maximum Gasteiger partial charge on any atom is 0.417 e. The van der Waals surface area contributed by atoms with E-state index in [1.807, 2.05) is 11.9 Å². The topological polar surface area (TPSA) is 62.0 Å². The van der Waals surface area contributed by atoms with E-state index in [-0.39, 0.29) is 5.56 Å². The van der Waals surface area contributed by atoms with Crippen molar-refractivity contribution >= 4 is 11.6 Å². The molecular weight excluding hydrogens is 285 g/mol. The number of carbonyl (C=O) groups is 1. The number of rotatable bonds is 2. The van der Waals surface area contributed by atoms with E-state index in [9.17, 15) is 22.8 Å². The van der Waals surface area contributed by atoms with E-state index < -0.39 is 28.9 Å². The quantitative estimate of drug-likeness (QED) is 0.895. The number of anilines is 1. The Hall–Kier alpha value is -2.57. The minimum Gasteiger partial charge on any atom is -0.327 e. The van der Waals surface area contributed by atoms with Crippen LogP contribution in [0.1, 0.15) is 21.5 Å². The Bertz CT molecular complexity index is 718. The molecule has 2 N–H and O–H groups in total. The number of halogens is 3. The van der Waals surface area contributed by atoms with Crippen LogP contribution in [0.4, 0.5) is 18.9 Å². The van der Waals surface area contributed by atoms with Gasteiger partial charge in [0.05, 0.1) is 5.56 Å². The number of aromatic nitrogens is 1. The van der Waals surface area contributed by atoms with Crippen LogP contribution < -0.4 is 10.9 Å². The summed E-state index contributed by atoms with van der Waals surface area (Å²) in [5, 5.41) is 2.18. The van der Waals surface area contributed by atoms with Gasteiger partial charge < -0.3 is 10.3 Å². The van der Waals surface area contributed by atoms with Crippen LogP contribution in [0.3, 0.4) is 0 Å². The number of alkyl halides is 3. The van der Waals surface area contributed by atoms with Crippen molar-refractivity contribution in [3.8, 4) is 0 Å². The van der Waals surface area contributed by atoms with Gasteiger partial charge in [-0.25, -0.2) is 0 Å². The first-order chi connectivity index (χ1) is 9.77. The number of H-pyrrole nitrogens is 1. The number of pyridine rings is 1. The van der Waals surface area contributed by atoms with Gasteiger partial charge in [0, 0.05) is 11.8 Å². The van der Waals surface area contributed by atoms with E-state index in [4.69, 9.17) is 0 Å². The second-order valence-corrected chi connectivity index (χ2v) is 4.45. The minimum atomic E-state index is -4.60. The highest BCUT2D eigenvalue weighted by atomic mass is 19.4. The van der Waals surface area contributed by atoms with Crippen molar-refractivity contribution in [2.75, 3.05) is 5.32 Å². The predicted molar refractivity (Wildman–Crippen MR) is 71.2 cm³/mol. The normalized spacial score (nSPS) is 11.2. The lowest BCUT2D eigenvalue weighted by Crippen LogP contribution is -2.21. The van der Waals surface area contributed by atoms with Crippen molar-refractivity contribution in [3.63, 3.8) is 0 Å². The molecule has 2 aromatic rings. The van der Waals surface area contributed by atoms with Crippen molar-refractivity contribution < 1.29 is 18.0 Å². The first-order valence-corrected chi connectivity index (χ1v) is 5.95. The first-order valence-electron chi connectivity index (χ1n) is 5.95. The molecule has 0 fully saturated rings. The Morgan fingerprint density at radius 1 is 1.19 bits per heavy atom. The summed E-state index contributed by atoms with van der Waals surface area (Å²) in [6.07, 6.45) is -4.04. The molecule has 0 saturated heterocycles. The van der Waals surface area contributed by atoms with Crippen molar-refractivity contribution in [2.24, 2.45) is 0 Å². The summed E-state index contributed by atoms with van der Waals surface area (Å²) in [6.45, 7) is 1.83. The Morgan fingerprint density at radius 3 is 2.38 bits per heavy atom. The molecule has 0 aliphatic rings. The van der Waals surface area contributed by atoms with Gasteiger partial charge in [-0.05, 0) is 25.1 Å². The summed E-state index contributed by atoms with van der Waals surface area (Å²) >= 11 is 0. The average molecular weight is 296 g/mol. The summed E-state index contributed by atoms with van der Waals surface area (Å²) < 4.78 is 37.7. The Balaban J connectivity index is 2.29. The summed E-state index contributed by atoms with van der Waals surface area (Å²) in [5.41, 5.74) is -1.11. The van der Waals surface area contributed by atoms with E-state index in [0.717, 1.165) is 5.56 Å². The largest absolute Gasteiger partial charge is 0.417 e. The van der Waals surface area contributed by atoms with Gasteiger partial charge in [0.2, 0.25) is 0 Å². The second kappa shape index (κ2) is 5.43. The van der Waals surface area contributed by atoms with Crippen LogP contribution in [-0.2, 0) is 6.18 Å². The highest BCUT2D eigenvalue weighted by molar-refractivity contribution is 6.04. The fraction of sp³-hybridized carbons (Fsp3) is 0.143. The molecule has 4 nitrogen and oxygen atoms in total. The van der Waals surface area contributed by atoms with Gasteiger partial charge in [-0.1, -0.05) is 17.7 Å². The molecule has 110 valence electrons. The zero-order valence-corrected chi connectivity index (χ0v) is 10.9. The molecule has 1 aromatic heterocycles. The molecule has 0 spiro atoms. The van der Waals surface area contributed by atoms with Crippen LogP contribution in [0.5, 0.6) is 0 Å². The van der Waals surface area contributed by atoms with E-state index in [1.165, 1.54) is 12.1 Å². The van der Waals surface area contributed by atoms with Crippen LogP contribution in [0, 0.1) is 6.92 Å². The van der Waals surface area contributed by atoms with Gasteiger partial charge in [0.25, 0.3) is 11.5 Å². The number of carbonyl (C=O) groups excluding carboxylic acids is 1. The zero-order valence-electron chi connectivity index (χ0n) is 10.9. The van der Waals surface area contributed by atoms with Gasteiger partial charge in [-0.15, -0.1) is 0 Å². The first kappa shape index (κ1) is 14.8. The van der Waals surface area contributed by atoms with Crippen LogP contribution in [0.2, 0.25) is 0 Å². The van der Waals surface area contributed by atoms with Crippen molar-refractivity contribution in [3.05, 3.63) is 63.6 Å². The molecule has 0 unspecified atom stereocenters. The third-order valence-electron chi connectivity index (χ3n) is 2.79. The SMILES string of the molecule is Cc1ccc(C(=O)Nc2cc(C(F)(F)F)c[nH]c2=O)cc1. The van der Waals surface area contributed by atoms with Gasteiger partial charge >= 0.3 is 6.18 Å². The summed E-state index contributed by atoms with van der Waals surface area (Å²) in [7, 11) is 0. The van der Waals surface area contributed by atoms with Crippen LogP contribution >= 0.6 is 0 Å². The molecule has 7 heteroatoms. The number of hydrogen-bond donors (Lipinski definition) is 2. The number of nitrogens with one attached hydrogen (secondary N) is 2. The van der Waals surface area contributed by atoms with Crippen LogP contribution in [-0.4, -0.2) is 10.9 Å². The third kappa shape index (κ3) is 3.50. The lowest BCUT2D eigenvalue weighted by atomic mass is 10.1. The summed E-state index contributed by atoms with van der Waals surface area (Å²) in [6, 6.07) is 7.01. The predicted octanol–water partition coefficient (Wildman–Crippen LogP) is 2.95. The lowest BCUT2D eigenvalue weighted by Gasteiger charge is -2.09. The van der Waals surface area contributed by atoms with Crippen molar-refractivity contribution in [2.45, 2.75) is 13.1 Å². The molecule has 2 rings (SSSR count). The second-order valence-electron chi connectivity index (χ2n) is 4.45. The molecule has 21 heavy (non-hydrogen) atoms. The van der Waals surface area contributed by atoms with Crippen molar-refractivity contribution in [1.82, 2.24) is 4.98 Å². The van der Waals surface area contributed by atoms with E-state index in [0.29, 0.717) is 12.3 Å². The smallest absolute Gasteiger partial charge is 0.327 e. The average Bonchev–Trinajstić information content (AvgIpc) is 2.40. The van der Waals surface area contributed by atoms with Gasteiger partial charge in [-0.3, -0.25) is 9.59 Å². The van der Waals surface area contributed by atoms with Crippen LogP contribution in [0.15, 0.2) is 41.3 Å². The standard InChI is InChI=1S/C14H11F3N2O2/c1-8-2-4-9(5-3-8)12(20)19-11-6-10(14(15,16)17)7-18-13(11)21/h2-7H,1H3,(H,18,21)(H,19,20). The molecule has 1 amide bonds. The molecule has 0 aliphatic heterocycles. The zero-order chi connectivity index (χ0) is 15.6. The van der Waals surface area contributed by atoms with Crippen molar-refractivity contribution in [1.29, 1.82) is 0 Å². The number of aromatic amines is 1. The highest BCUT2D eigenvalue weighted by Gasteiger charge is 2.31. The molecule has 0 radical (unpaired) electrons. The Kier molecular flexibility index (Phi) is 3.84. The van der Waals surface area contributed by atoms with Crippen LogP contribution in [0.25, 0.3) is 0 Å². The molecule has 1 aromatic carbocycles. The lowest BCUT2D eigenvalue weighted by molar-refractivity contribution is -0.137. The minimum absolute atomic E-state index is 0.248. The highest BCUT2D eigenvalue weighted by Crippen LogP contribution is 2.29. The number of hydrogen-bond acceptors (Lipinski definition) is 2. The van der Waals surface area contributed by atoms with E-state index in [1.54, 1.807) is 12.1 Å².